The smallest absolute Gasteiger partial charge is 0.0619 e. The normalized spacial score (nSPS) is 25.3. The molecule has 0 amide bonds. The molecule has 0 aromatic carbocycles. The number of fused-ring (bicyclic) bond motifs is 1. The van der Waals surface area contributed by atoms with Gasteiger partial charge in [0.05, 0.1) is 12.7 Å². The Bertz CT molecular complexity index is 354. The molecule has 2 aliphatic heterocycles. The van der Waals surface area contributed by atoms with E-state index < -0.39 is 0 Å². The summed E-state index contributed by atoms with van der Waals surface area (Å²) in [5.74, 6) is 1.63. The van der Waals surface area contributed by atoms with E-state index in [2.05, 4.69) is 24.4 Å². The second kappa shape index (κ2) is 14.7. The molecular weight excluding hydrogens is 318 g/mol. The molecule has 2 nitrogen and oxygen atoms in total. The standard InChI is InChI=1S/C24H45NO/c1-2-3-4-5-6-7-8-9-10-11-12-13-14-15-16-17-18-24-23-20-25-19-22(23)21-26-24/h9-10,22-25H,2-8,11-21H2,1H3/b10-9-. The van der Waals surface area contributed by atoms with Gasteiger partial charge in [-0.2, -0.15) is 0 Å². The third kappa shape index (κ3) is 9.04. The predicted molar refractivity (Wildman–Crippen MR) is 114 cm³/mol. The molecule has 0 spiro atoms. The topological polar surface area (TPSA) is 21.3 Å². The molecule has 2 fully saturated rings. The van der Waals surface area contributed by atoms with Gasteiger partial charge in [0, 0.05) is 24.9 Å². The van der Waals surface area contributed by atoms with Crippen LogP contribution < -0.4 is 5.32 Å². The lowest BCUT2D eigenvalue weighted by molar-refractivity contribution is 0.0787. The van der Waals surface area contributed by atoms with Crippen molar-refractivity contribution in [3.8, 4) is 0 Å². The summed E-state index contributed by atoms with van der Waals surface area (Å²) in [5, 5.41) is 3.53. The third-order valence-corrected chi connectivity index (χ3v) is 6.39. The molecule has 26 heavy (non-hydrogen) atoms. The van der Waals surface area contributed by atoms with E-state index in [1.165, 1.54) is 109 Å². The van der Waals surface area contributed by atoms with Gasteiger partial charge in [-0.1, -0.05) is 83.3 Å². The fourth-order valence-electron chi connectivity index (χ4n) is 4.63. The molecule has 2 rings (SSSR count). The van der Waals surface area contributed by atoms with E-state index in [0.29, 0.717) is 6.10 Å². The van der Waals surface area contributed by atoms with Gasteiger partial charge in [0.2, 0.25) is 0 Å². The predicted octanol–water partition coefficient (Wildman–Crippen LogP) is 6.65. The second-order valence-corrected chi connectivity index (χ2v) is 8.68. The van der Waals surface area contributed by atoms with Crippen LogP contribution in [0.5, 0.6) is 0 Å². The average molecular weight is 364 g/mol. The number of ether oxygens (including phenoxy) is 1. The Labute approximate surface area is 163 Å². The van der Waals surface area contributed by atoms with Crippen LogP contribution >= 0.6 is 0 Å². The Kier molecular flexibility index (Phi) is 12.4. The molecule has 0 radical (unpaired) electrons. The number of unbranched alkanes of at least 4 members (excludes halogenated alkanes) is 12. The van der Waals surface area contributed by atoms with Crippen molar-refractivity contribution in [1.29, 1.82) is 0 Å². The lowest BCUT2D eigenvalue weighted by Crippen LogP contribution is -2.21. The van der Waals surface area contributed by atoms with E-state index >= 15 is 0 Å². The number of rotatable bonds is 16. The zero-order valence-electron chi connectivity index (χ0n) is 17.5. The summed E-state index contributed by atoms with van der Waals surface area (Å²) < 4.78 is 6.00. The molecule has 0 aromatic heterocycles. The Morgan fingerprint density at radius 1 is 0.769 bits per heavy atom. The molecule has 0 bridgehead atoms. The number of nitrogens with one attached hydrogen (secondary N) is 1. The van der Waals surface area contributed by atoms with Crippen LogP contribution in [0.15, 0.2) is 12.2 Å². The van der Waals surface area contributed by atoms with Crippen LogP contribution in [0, 0.1) is 11.8 Å². The van der Waals surface area contributed by atoms with E-state index in [0.717, 1.165) is 18.4 Å². The van der Waals surface area contributed by atoms with Gasteiger partial charge in [-0.05, 0) is 32.1 Å². The van der Waals surface area contributed by atoms with Gasteiger partial charge in [0.25, 0.3) is 0 Å². The van der Waals surface area contributed by atoms with Crippen molar-refractivity contribution in [2.75, 3.05) is 19.7 Å². The van der Waals surface area contributed by atoms with Crippen LogP contribution in [0.3, 0.4) is 0 Å². The van der Waals surface area contributed by atoms with Crippen molar-refractivity contribution >= 4 is 0 Å². The molecule has 2 saturated heterocycles. The first-order chi connectivity index (χ1) is 12.9. The maximum atomic E-state index is 6.00. The van der Waals surface area contributed by atoms with Gasteiger partial charge in [0.1, 0.15) is 0 Å². The first kappa shape index (κ1) is 22.0. The fraction of sp³-hybridized carbons (Fsp3) is 0.917. The van der Waals surface area contributed by atoms with Gasteiger partial charge >= 0.3 is 0 Å². The highest BCUT2D eigenvalue weighted by molar-refractivity contribution is 4.91. The minimum absolute atomic E-state index is 0.562. The molecule has 0 saturated carbocycles. The van der Waals surface area contributed by atoms with E-state index in [4.69, 9.17) is 4.74 Å². The van der Waals surface area contributed by atoms with Crippen LogP contribution in [0.2, 0.25) is 0 Å². The molecule has 3 unspecified atom stereocenters. The summed E-state index contributed by atoms with van der Waals surface area (Å²) in [7, 11) is 0. The minimum atomic E-state index is 0.562. The summed E-state index contributed by atoms with van der Waals surface area (Å²) in [5.41, 5.74) is 0. The van der Waals surface area contributed by atoms with Crippen LogP contribution in [-0.2, 0) is 4.74 Å². The van der Waals surface area contributed by atoms with Crippen molar-refractivity contribution in [2.45, 2.75) is 109 Å². The number of allylic oxidation sites excluding steroid dienone is 2. The number of hydrogen-bond acceptors (Lipinski definition) is 2. The molecule has 2 aliphatic rings. The van der Waals surface area contributed by atoms with Gasteiger partial charge < -0.3 is 10.1 Å². The Morgan fingerprint density at radius 2 is 1.38 bits per heavy atom. The molecule has 2 heterocycles. The van der Waals surface area contributed by atoms with Crippen LogP contribution in [0.1, 0.15) is 103 Å². The van der Waals surface area contributed by atoms with Crippen LogP contribution in [-0.4, -0.2) is 25.8 Å². The molecule has 3 atom stereocenters. The second-order valence-electron chi connectivity index (χ2n) is 8.68. The Balaban J connectivity index is 1.29. The van der Waals surface area contributed by atoms with Gasteiger partial charge in [-0.15, -0.1) is 0 Å². The summed E-state index contributed by atoms with van der Waals surface area (Å²) in [4.78, 5) is 0. The zero-order chi connectivity index (χ0) is 18.3. The van der Waals surface area contributed by atoms with Crippen LogP contribution in [0.4, 0.5) is 0 Å². The fourth-order valence-corrected chi connectivity index (χ4v) is 4.63. The average Bonchev–Trinajstić information content (AvgIpc) is 3.26. The number of hydrogen-bond donors (Lipinski definition) is 1. The maximum absolute atomic E-state index is 6.00. The largest absolute Gasteiger partial charge is 0.378 e. The lowest BCUT2D eigenvalue weighted by atomic mass is 9.91. The van der Waals surface area contributed by atoms with Gasteiger partial charge in [0.15, 0.2) is 0 Å². The van der Waals surface area contributed by atoms with E-state index in [1.54, 1.807) is 0 Å². The Hall–Kier alpha value is -0.340. The summed E-state index contributed by atoms with van der Waals surface area (Å²) >= 11 is 0. The van der Waals surface area contributed by atoms with Crippen molar-refractivity contribution in [1.82, 2.24) is 5.32 Å². The lowest BCUT2D eigenvalue weighted by Gasteiger charge is -2.16. The zero-order valence-corrected chi connectivity index (χ0v) is 17.5. The highest BCUT2D eigenvalue weighted by Crippen LogP contribution is 2.32. The van der Waals surface area contributed by atoms with Gasteiger partial charge in [-0.25, -0.2) is 0 Å². The van der Waals surface area contributed by atoms with Crippen molar-refractivity contribution in [3.63, 3.8) is 0 Å². The van der Waals surface area contributed by atoms with E-state index in [9.17, 15) is 0 Å². The highest BCUT2D eigenvalue weighted by Gasteiger charge is 2.39. The SMILES string of the molecule is CCCCCCCC/C=C\CCCCCCCCC1OCC2CNCC21. The molecule has 2 heteroatoms. The monoisotopic (exact) mass is 363 g/mol. The maximum Gasteiger partial charge on any atom is 0.0619 e. The van der Waals surface area contributed by atoms with Crippen molar-refractivity contribution in [2.24, 2.45) is 11.8 Å². The van der Waals surface area contributed by atoms with E-state index in [-0.39, 0.29) is 0 Å². The van der Waals surface area contributed by atoms with Gasteiger partial charge in [-0.3, -0.25) is 0 Å². The molecular formula is C24H45NO. The summed E-state index contributed by atoms with van der Waals surface area (Å²) in [6, 6.07) is 0. The van der Waals surface area contributed by atoms with Crippen LogP contribution in [0.25, 0.3) is 0 Å². The molecule has 0 aliphatic carbocycles. The minimum Gasteiger partial charge on any atom is -0.378 e. The first-order valence-electron chi connectivity index (χ1n) is 11.9. The summed E-state index contributed by atoms with van der Waals surface area (Å²) in [6.45, 7) is 5.68. The summed E-state index contributed by atoms with van der Waals surface area (Å²) in [6.07, 6.45) is 26.2. The third-order valence-electron chi connectivity index (χ3n) is 6.39. The molecule has 0 aromatic rings. The van der Waals surface area contributed by atoms with Crippen molar-refractivity contribution in [3.05, 3.63) is 12.2 Å². The molecule has 152 valence electrons. The first-order valence-corrected chi connectivity index (χ1v) is 11.9. The van der Waals surface area contributed by atoms with Crippen molar-refractivity contribution < 1.29 is 4.74 Å². The highest BCUT2D eigenvalue weighted by atomic mass is 16.5. The Morgan fingerprint density at radius 3 is 2.08 bits per heavy atom. The molecule has 1 N–H and O–H groups in total. The van der Waals surface area contributed by atoms with E-state index in [1.807, 2.05) is 0 Å². The quantitative estimate of drug-likeness (QED) is 0.245.